The average Bonchev–Trinajstić information content (AvgIpc) is 2.90. The lowest BCUT2D eigenvalue weighted by Crippen LogP contribution is -2.69. The van der Waals surface area contributed by atoms with Crippen LogP contribution in [0.25, 0.3) is 0 Å². The number of fused-ring (bicyclic) bond motifs is 2. The first-order valence-corrected chi connectivity index (χ1v) is 19.2. The summed E-state index contributed by atoms with van der Waals surface area (Å²) in [5.74, 6) is -3.29. The van der Waals surface area contributed by atoms with Gasteiger partial charge < -0.3 is 10.6 Å². The summed E-state index contributed by atoms with van der Waals surface area (Å²) in [6, 6.07) is -0.725. The van der Waals surface area contributed by atoms with Gasteiger partial charge in [0.1, 0.15) is 15.6 Å². The Hall–Kier alpha value is -2.10. The van der Waals surface area contributed by atoms with Gasteiger partial charge in [-0.15, -0.1) is 0 Å². The zero-order chi connectivity index (χ0) is 33.5. The molecular weight excluding hydrogens is 592 g/mol. The summed E-state index contributed by atoms with van der Waals surface area (Å²) >= 11 is 0. The number of hydrogen-bond acceptors (Lipinski definition) is 7. The van der Waals surface area contributed by atoms with Crippen LogP contribution < -0.4 is 5.73 Å². The largest absolute Gasteiger partial charge is 0.363 e. The van der Waals surface area contributed by atoms with E-state index in [9.17, 15) is 32.4 Å². The first-order valence-electron chi connectivity index (χ1n) is 17.1. The zero-order valence-corrected chi connectivity index (χ0v) is 29.2. The molecule has 5 fully saturated rings. The molecule has 3 saturated carbocycles. The van der Waals surface area contributed by atoms with Crippen LogP contribution in [0.1, 0.15) is 118 Å². The second kappa shape index (κ2) is 13.2. The van der Waals surface area contributed by atoms with Crippen molar-refractivity contribution in [2.24, 2.45) is 51.6 Å². The number of carbonyl (C=O) groups excluding carboxylic acids is 5. The maximum Gasteiger partial charge on any atom is 0.285 e. The van der Waals surface area contributed by atoms with Crippen LogP contribution in [-0.4, -0.2) is 67.1 Å². The van der Waals surface area contributed by atoms with Gasteiger partial charge >= 0.3 is 0 Å². The van der Waals surface area contributed by atoms with E-state index in [0.717, 1.165) is 44.9 Å². The Morgan fingerprint density at radius 2 is 1.58 bits per heavy atom. The van der Waals surface area contributed by atoms with Gasteiger partial charge in [0.25, 0.3) is 5.91 Å². The van der Waals surface area contributed by atoms with Crippen molar-refractivity contribution in [1.29, 1.82) is 0 Å². The number of Topliss-reactive ketones (excluding diaryl/α,β-unsaturated/α-hetero) is 3. The van der Waals surface area contributed by atoms with Crippen molar-refractivity contribution in [3.8, 4) is 0 Å². The van der Waals surface area contributed by atoms with Crippen molar-refractivity contribution >= 4 is 39.0 Å². The zero-order valence-electron chi connectivity index (χ0n) is 28.4. The highest BCUT2D eigenvalue weighted by atomic mass is 32.2. The number of ketones is 3. The summed E-state index contributed by atoms with van der Waals surface area (Å²) in [4.78, 5) is 68.9. The van der Waals surface area contributed by atoms with E-state index < -0.39 is 50.2 Å². The van der Waals surface area contributed by atoms with Gasteiger partial charge in [0, 0.05) is 43.9 Å². The second-order valence-corrected chi connectivity index (χ2v) is 19.0. The Morgan fingerprint density at radius 1 is 0.956 bits per heavy atom. The number of nitrogens with two attached hydrogens (primary N) is 1. The summed E-state index contributed by atoms with van der Waals surface area (Å²) in [6.07, 6.45) is 9.70. The molecule has 0 radical (unpaired) electrons. The molecule has 2 aliphatic heterocycles. The van der Waals surface area contributed by atoms with Gasteiger partial charge in [-0.25, -0.2) is 8.42 Å². The average molecular weight is 649 g/mol. The van der Waals surface area contributed by atoms with Crippen LogP contribution in [-0.2, 0) is 33.8 Å². The van der Waals surface area contributed by atoms with Gasteiger partial charge in [0.2, 0.25) is 11.7 Å². The highest BCUT2D eigenvalue weighted by molar-refractivity contribution is 7.90. The molecule has 2 amide bonds. The SMILES string of the molecule is CC(C)(C)[C@H](CC(=O)CC1(CS(C)(=O)=O)CCCCC1)C(=O)N1C[C@H]2C[C@@H]([C@H]1C(=O)CC(CC1CCC1)C(=O)C(N)=O)C2(C)C. The Kier molecular flexibility index (Phi) is 10.5. The number of piperidine rings is 2. The Labute approximate surface area is 270 Å². The fourth-order valence-corrected chi connectivity index (χ4v) is 10.5. The number of sulfone groups is 1. The van der Waals surface area contributed by atoms with Crippen LogP contribution in [0.2, 0.25) is 0 Å². The first-order chi connectivity index (χ1) is 20.7. The van der Waals surface area contributed by atoms with E-state index in [2.05, 4.69) is 13.8 Å². The van der Waals surface area contributed by atoms with Gasteiger partial charge in [-0.1, -0.05) is 73.1 Å². The van der Waals surface area contributed by atoms with Crippen LogP contribution in [0.3, 0.4) is 0 Å². The maximum atomic E-state index is 14.5. The molecule has 1 unspecified atom stereocenters. The van der Waals surface area contributed by atoms with E-state index >= 15 is 0 Å². The quantitative estimate of drug-likeness (QED) is 0.269. The minimum Gasteiger partial charge on any atom is -0.363 e. The molecule has 0 spiro atoms. The second-order valence-electron chi connectivity index (χ2n) is 16.9. The van der Waals surface area contributed by atoms with E-state index in [1.807, 2.05) is 20.8 Å². The van der Waals surface area contributed by atoms with E-state index in [1.165, 1.54) is 6.26 Å². The molecular formula is C35H56N2O7S. The van der Waals surface area contributed by atoms with Crippen molar-refractivity contribution < 1.29 is 32.4 Å². The van der Waals surface area contributed by atoms with E-state index in [1.54, 1.807) is 4.90 Å². The minimum atomic E-state index is -3.29. The molecule has 9 nitrogen and oxygen atoms in total. The molecule has 0 aromatic rings. The number of nitrogens with zero attached hydrogens (tertiary/aromatic N) is 1. The molecule has 2 saturated heterocycles. The third-order valence-corrected chi connectivity index (χ3v) is 13.2. The van der Waals surface area contributed by atoms with E-state index in [0.29, 0.717) is 31.7 Å². The topological polar surface area (TPSA) is 149 Å². The van der Waals surface area contributed by atoms with Gasteiger partial charge in [-0.2, -0.15) is 0 Å². The minimum absolute atomic E-state index is 0.00551. The third kappa shape index (κ3) is 8.07. The fourth-order valence-electron chi connectivity index (χ4n) is 8.99. The molecule has 2 heterocycles. The van der Waals surface area contributed by atoms with Gasteiger partial charge in [0.05, 0.1) is 11.8 Å². The van der Waals surface area contributed by atoms with Crippen LogP contribution in [0, 0.1) is 45.8 Å². The number of amides is 2. The Morgan fingerprint density at radius 3 is 2.07 bits per heavy atom. The monoisotopic (exact) mass is 648 g/mol. The van der Waals surface area contributed by atoms with Crippen LogP contribution in [0.4, 0.5) is 0 Å². The Bertz CT molecular complexity index is 1290. The lowest BCUT2D eigenvalue weighted by Gasteiger charge is -2.63. The molecule has 10 heteroatoms. The van der Waals surface area contributed by atoms with Crippen molar-refractivity contribution in [3.05, 3.63) is 0 Å². The molecule has 3 aliphatic carbocycles. The van der Waals surface area contributed by atoms with Crippen LogP contribution in [0.15, 0.2) is 0 Å². The molecule has 254 valence electrons. The summed E-state index contributed by atoms with van der Waals surface area (Å²) < 4.78 is 24.7. The smallest absolute Gasteiger partial charge is 0.285 e. The summed E-state index contributed by atoms with van der Waals surface area (Å²) in [5, 5.41) is 0. The molecule has 5 rings (SSSR count). The van der Waals surface area contributed by atoms with Crippen molar-refractivity contribution in [2.45, 2.75) is 124 Å². The maximum absolute atomic E-state index is 14.5. The molecule has 2 N–H and O–H groups in total. The number of rotatable bonds is 14. The normalized spacial score (nSPS) is 27.4. The van der Waals surface area contributed by atoms with Crippen LogP contribution >= 0.6 is 0 Å². The van der Waals surface area contributed by atoms with Crippen molar-refractivity contribution in [2.75, 3.05) is 18.6 Å². The van der Waals surface area contributed by atoms with Gasteiger partial charge in [-0.05, 0) is 59.7 Å². The van der Waals surface area contributed by atoms with Crippen LogP contribution in [0.5, 0.6) is 0 Å². The lowest BCUT2D eigenvalue weighted by molar-refractivity contribution is -0.180. The summed E-state index contributed by atoms with van der Waals surface area (Å²) in [7, 11) is -3.29. The predicted octanol–water partition coefficient (Wildman–Crippen LogP) is 4.69. The van der Waals surface area contributed by atoms with E-state index in [-0.39, 0.29) is 59.7 Å². The highest BCUT2D eigenvalue weighted by Crippen LogP contribution is 2.58. The molecule has 5 atom stereocenters. The highest BCUT2D eigenvalue weighted by Gasteiger charge is 2.61. The molecule has 0 aromatic heterocycles. The third-order valence-electron chi connectivity index (χ3n) is 12.0. The number of primary amides is 1. The van der Waals surface area contributed by atoms with Gasteiger partial charge in [0.15, 0.2) is 5.78 Å². The number of carbonyl (C=O) groups is 5. The number of hydrogen-bond donors (Lipinski definition) is 1. The molecule has 45 heavy (non-hydrogen) atoms. The lowest BCUT2D eigenvalue weighted by atomic mass is 9.49. The summed E-state index contributed by atoms with van der Waals surface area (Å²) in [5.41, 5.74) is 4.07. The van der Waals surface area contributed by atoms with E-state index in [4.69, 9.17) is 5.73 Å². The van der Waals surface area contributed by atoms with Gasteiger partial charge in [-0.3, -0.25) is 24.0 Å². The standard InChI is InChI=1S/C35H56N2O7S/c1-33(2,3)27(18-25(38)19-35(21-45(6,43)44)13-8-7-9-14-35)32(42)37-20-24-17-26(34(24,4)5)29(37)28(39)16-23(30(40)31(36)41)15-22-11-10-12-22/h22-24,26-27,29H,7-21H2,1-6H3,(H2,36,41)/t23?,24-,26+,27-,29+/m1/s1. The first kappa shape index (κ1) is 35.7. The molecule has 2 bridgehead atoms. The van der Waals surface area contributed by atoms with Crippen molar-refractivity contribution in [1.82, 2.24) is 4.90 Å². The molecule has 5 aliphatic rings. The summed E-state index contributed by atoms with van der Waals surface area (Å²) in [6.45, 7) is 10.5. The predicted molar refractivity (Wildman–Crippen MR) is 173 cm³/mol. The molecule has 0 aromatic carbocycles. The fraction of sp³-hybridized carbons (Fsp3) is 0.857. The van der Waals surface area contributed by atoms with Crippen molar-refractivity contribution in [3.63, 3.8) is 0 Å². The Balaban J connectivity index is 1.57.